The fraction of sp³-hybridized carbons (Fsp3) is 0.400. The van der Waals surface area contributed by atoms with E-state index in [9.17, 15) is 0 Å². The molecule has 3 unspecified atom stereocenters. The van der Waals surface area contributed by atoms with E-state index in [1.165, 1.54) is 29.5 Å². The molecule has 0 saturated heterocycles. The molecule has 3 aromatic carbocycles. The van der Waals surface area contributed by atoms with Crippen molar-refractivity contribution in [1.82, 2.24) is 4.90 Å². The molecule has 1 heteroatoms. The van der Waals surface area contributed by atoms with Crippen LogP contribution >= 0.6 is 0 Å². The maximum atomic E-state index is 2.52. The van der Waals surface area contributed by atoms with Gasteiger partial charge in [0.25, 0.3) is 0 Å². The third-order valence-electron chi connectivity index (χ3n) is 7.98. The SMILES string of the molecule is CC(C)C1CCC(C)(c2ccccc2)C(c2ccccc2)(c2ccccc2)C1N(C)C. The summed E-state index contributed by atoms with van der Waals surface area (Å²) in [5.74, 6) is 1.24. The highest BCUT2D eigenvalue weighted by Crippen LogP contribution is 2.60. The predicted octanol–water partition coefficient (Wildman–Crippen LogP) is 6.93. The summed E-state index contributed by atoms with van der Waals surface area (Å²) in [6.07, 6.45) is 2.42. The van der Waals surface area contributed by atoms with Crippen LogP contribution in [0.15, 0.2) is 91.0 Å². The van der Waals surface area contributed by atoms with Crippen LogP contribution in [-0.4, -0.2) is 25.0 Å². The third-order valence-corrected chi connectivity index (χ3v) is 7.98. The second kappa shape index (κ2) is 8.63. The molecule has 1 fully saturated rings. The van der Waals surface area contributed by atoms with Crippen LogP contribution in [0.5, 0.6) is 0 Å². The maximum Gasteiger partial charge on any atom is 0.0454 e. The highest BCUT2D eigenvalue weighted by Gasteiger charge is 2.61. The summed E-state index contributed by atoms with van der Waals surface area (Å²) in [6.45, 7) is 7.34. The molecule has 0 N–H and O–H groups in total. The lowest BCUT2D eigenvalue weighted by atomic mass is 9.44. The third kappa shape index (κ3) is 3.44. The van der Waals surface area contributed by atoms with E-state index >= 15 is 0 Å². The quantitative estimate of drug-likeness (QED) is 0.440. The number of hydrogen-bond acceptors (Lipinski definition) is 1. The standard InChI is InChI=1S/C30H37N/c1-23(2)27-21-22-29(3,24-15-9-6-10-16-24)30(28(27)31(4)5,25-17-11-7-12-18-25)26-19-13-8-14-20-26/h6-20,23,27-28H,21-22H2,1-5H3. The van der Waals surface area contributed by atoms with Gasteiger partial charge in [-0.05, 0) is 55.5 Å². The first kappa shape index (κ1) is 21.8. The molecule has 0 aliphatic heterocycles. The number of rotatable bonds is 5. The molecule has 1 aliphatic rings. The van der Waals surface area contributed by atoms with Crippen molar-refractivity contribution in [2.75, 3.05) is 14.1 Å². The second-order valence-electron chi connectivity index (χ2n) is 10.1. The predicted molar refractivity (Wildman–Crippen MR) is 132 cm³/mol. The van der Waals surface area contributed by atoms with Crippen LogP contribution < -0.4 is 0 Å². The largest absolute Gasteiger partial charge is 0.305 e. The van der Waals surface area contributed by atoms with E-state index in [2.05, 4.69) is 131 Å². The van der Waals surface area contributed by atoms with Gasteiger partial charge in [-0.1, -0.05) is 112 Å². The molecule has 1 nitrogen and oxygen atoms in total. The second-order valence-corrected chi connectivity index (χ2v) is 10.1. The van der Waals surface area contributed by atoms with Gasteiger partial charge in [0.1, 0.15) is 0 Å². The van der Waals surface area contributed by atoms with E-state index in [1.807, 2.05) is 0 Å². The first-order valence-corrected chi connectivity index (χ1v) is 11.8. The normalized spacial score (nSPS) is 25.6. The van der Waals surface area contributed by atoms with Crippen molar-refractivity contribution in [2.24, 2.45) is 11.8 Å². The van der Waals surface area contributed by atoms with Crippen LogP contribution in [0.25, 0.3) is 0 Å². The Bertz CT molecular complexity index is 922. The highest BCUT2D eigenvalue weighted by molar-refractivity contribution is 5.51. The number of likely N-dealkylation sites (N-methyl/N-ethyl adjacent to an activating group) is 1. The van der Waals surface area contributed by atoms with Crippen molar-refractivity contribution in [3.05, 3.63) is 108 Å². The van der Waals surface area contributed by atoms with Gasteiger partial charge >= 0.3 is 0 Å². The van der Waals surface area contributed by atoms with E-state index in [-0.39, 0.29) is 10.8 Å². The molecule has 0 radical (unpaired) electrons. The molecule has 0 amide bonds. The molecule has 31 heavy (non-hydrogen) atoms. The Morgan fingerprint density at radius 3 is 1.52 bits per heavy atom. The molecule has 0 aromatic heterocycles. The van der Waals surface area contributed by atoms with Gasteiger partial charge in [0.05, 0.1) is 0 Å². The Balaban J connectivity index is 2.13. The van der Waals surface area contributed by atoms with E-state index in [0.29, 0.717) is 17.9 Å². The van der Waals surface area contributed by atoms with Crippen LogP contribution in [0, 0.1) is 11.8 Å². The summed E-state index contributed by atoms with van der Waals surface area (Å²) in [5, 5.41) is 0. The lowest BCUT2D eigenvalue weighted by molar-refractivity contribution is 0.00956. The van der Waals surface area contributed by atoms with Crippen LogP contribution in [0.4, 0.5) is 0 Å². The summed E-state index contributed by atoms with van der Waals surface area (Å²) in [6, 6.07) is 34.3. The summed E-state index contributed by atoms with van der Waals surface area (Å²) in [4.78, 5) is 2.52. The van der Waals surface area contributed by atoms with Crippen LogP contribution in [0.1, 0.15) is 50.3 Å². The minimum absolute atomic E-state index is 0.0305. The zero-order valence-corrected chi connectivity index (χ0v) is 19.8. The lowest BCUT2D eigenvalue weighted by Crippen LogP contribution is -2.66. The van der Waals surface area contributed by atoms with Crippen molar-refractivity contribution in [2.45, 2.75) is 50.5 Å². The van der Waals surface area contributed by atoms with Gasteiger partial charge in [-0.3, -0.25) is 0 Å². The van der Waals surface area contributed by atoms with Gasteiger partial charge in [-0.15, -0.1) is 0 Å². The molecule has 1 saturated carbocycles. The van der Waals surface area contributed by atoms with E-state index in [4.69, 9.17) is 0 Å². The molecular formula is C30H37N. The van der Waals surface area contributed by atoms with Gasteiger partial charge in [0.15, 0.2) is 0 Å². The van der Waals surface area contributed by atoms with E-state index in [1.54, 1.807) is 0 Å². The van der Waals surface area contributed by atoms with Crippen molar-refractivity contribution in [1.29, 1.82) is 0 Å². The molecule has 3 atom stereocenters. The van der Waals surface area contributed by atoms with Crippen LogP contribution in [0.2, 0.25) is 0 Å². The topological polar surface area (TPSA) is 3.24 Å². The molecular weight excluding hydrogens is 374 g/mol. The minimum atomic E-state index is -0.159. The Hall–Kier alpha value is -2.38. The first-order valence-electron chi connectivity index (χ1n) is 11.8. The van der Waals surface area contributed by atoms with Gasteiger partial charge in [-0.25, -0.2) is 0 Å². The number of nitrogens with zero attached hydrogens (tertiary/aromatic N) is 1. The van der Waals surface area contributed by atoms with Crippen molar-refractivity contribution in [3.63, 3.8) is 0 Å². The Morgan fingerprint density at radius 1 is 0.710 bits per heavy atom. The van der Waals surface area contributed by atoms with Crippen LogP contribution in [-0.2, 0) is 10.8 Å². The van der Waals surface area contributed by atoms with Gasteiger partial charge in [0.2, 0.25) is 0 Å². The Morgan fingerprint density at radius 2 is 1.13 bits per heavy atom. The van der Waals surface area contributed by atoms with Crippen molar-refractivity contribution >= 4 is 0 Å². The molecule has 0 spiro atoms. The molecule has 3 aromatic rings. The average molecular weight is 412 g/mol. The van der Waals surface area contributed by atoms with Crippen molar-refractivity contribution < 1.29 is 0 Å². The minimum Gasteiger partial charge on any atom is -0.305 e. The van der Waals surface area contributed by atoms with Crippen LogP contribution in [0.3, 0.4) is 0 Å². The monoisotopic (exact) mass is 411 g/mol. The summed E-state index contributed by atoms with van der Waals surface area (Å²) < 4.78 is 0. The van der Waals surface area contributed by atoms with Crippen molar-refractivity contribution in [3.8, 4) is 0 Å². The van der Waals surface area contributed by atoms with E-state index in [0.717, 1.165) is 0 Å². The zero-order valence-electron chi connectivity index (χ0n) is 19.8. The number of benzene rings is 3. The van der Waals surface area contributed by atoms with Gasteiger partial charge < -0.3 is 4.90 Å². The zero-order chi connectivity index (χ0) is 22.1. The highest BCUT2D eigenvalue weighted by atomic mass is 15.1. The molecule has 1 aliphatic carbocycles. The van der Waals surface area contributed by atoms with Gasteiger partial charge in [-0.2, -0.15) is 0 Å². The fourth-order valence-electron chi connectivity index (χ4n) is 6.65. The number of hydrogen-bond donors (Lipinski definition) is 0. The summed E-state index contributed by atoms with van der Waals surface area (Å²) >= 11 is 0. The summed E-state index contributed by atoms with van der Waals surface area (Å²) in [7, 11) is 4.58. The molecule has 4 rings (SSSR count). The molecule has 0 heterocycles. The maximum absolute atomic E-state index is 2.52. The Kier molecular flexibility index (Phi) is 6.08. The average Bonchev–Trinajstić information content (AvgIpc) is 2.80. The fourth-order valence-corrected chi connectivity index (χ4v) is 6.65. The first-order chi connectivity index (χ1) is 14.9. The smallest absolute Gasteiger partial charge is 0.0454 e. The van der Waals surface area contributed by atoms with E-state index < -0.39 is 0 Å². The van der Waals surface area contributed by atoms with Gasteiger partial charge in [0, 0.05) is 16.9 Å². The molecule has 0 bridgehead atoms. The Labute approximate surface area is 189 Å². The molecule has 162 valence electrons. The summed E-state index contributed by atoms with van der Waals surface area (Å²) in [5.41, 5.74) is 4.11. The lowest BCUT2D eigenvalue weighted by Gasteiger charge is -2.62.